The van der Waals surface area contributed by atoms with Crippen molar-refractivity contribution in [3.63, 3.8) is 0 Å². The molecule has 2 radical (unpaired) electrons. The SMILES string of the molecule is CCCCC[CH2][Ge]([CH2]CCCCC)[CH2]CCCCC.c1cc[c]([Ge]([c]2ccccc2)[c]2ccccc2)cc1. The second-order valence-electron chi connectivity index (χ2n) is 10.7. The number of rotatable bonds is 18. The molecule has 0 saturated heterocycles. The molecule has 38 heavy (non-hydrogen) atoms. The van der Waals surface area contributed by atoms with Crippen LogP contribution in [0.25, 0.3) is 0 Å². The van der Waals surface area contributed by atoms with E-state index in [1.807, 2.05) is 0 Å². The Kier molecular flexibility index (Phi) is 19.6. The number of unbranched alkanes of at least 4 members (excludes halogenated alkanes) is 9. The van der Waals surface area contributed by atoms with Crippen molar-refractivity contribution in [3.8, 4) is 0 Å². The third-order valence-corrected chi connectivity index (χ3v) is 19.7. The van der Waals surface area contributed by atoms with Crippen molar-refractivity contribution in [2.24, 2.45) is 0 Å². The van der Waals surface area contributed by atoms with E-state index < -0.39 is 28.7 Å². The zero-order valence-electron chi connectivity index (χ0n) is 24.8. The van der Waals surface area contributed by atoms with Gasteiger partial charge in [0.15, 0.2) is 0 Å². The Morgan fingerprint density at radius 1 is 0.368 bits per heavy atom. The second kappa shape index (κ2) is 22.6. The van der Waals surface area contributed by atoms with Crippen LogP contribution in [0.4, 0.5) is 0 Å². The molecule has 206 valence electrons. The standard InChI is InChI=1S/C18H15Ge.C18H39Ge/c1-4-10-16(11-5-1)19(17-12-6-2-7-13-17)18-14-8-3-9-15-18;1-4-7-10-13-16-19(17-14-11-8-5-2)18-15-12-9-6-3/h1-15H;4-18H2,1-3H3. The van der Waals surface area contributed by atoms with Crippen molar-refractivity contribution in [1.29, 1.82) is 0 Å². The molecular weight excluding hydrogens is 578 g/mol. The van der Waals surface area contributed by atoms with E-state index in [0.29, 0.717) is 0 Å². The van der Waals surface area contributed by atoms with Gasteiger partial charge in [0.1, 0.15) is 0 Å². The number of hydrogen-bond acceptors (Lipinski definition) is 0. The summed E-state index contributed by atoms with van der Waals surface area (Å²) in [5.74, 6) is 0. The van der Waals surface area contributed by atoms with Crippen LogP contribution >= 0.6 is 0 Å². The van der Waals surface area contributed by atoms with Gasteiger partial charge < -0.3 is 0 Å². The molecule has 0 fully saturated rings. The Morgan fingerprint density at radius 3 is 0.921 bits per heavy atom. The quantitative estimate of drug-likeness (QED) is 0.0969. The Bertz CT molecular complexity index is 772. The Morgan fingerprint density at radius 2 is 0.658 bits per heavy atom. The van der Waals surface area contributed by atoms with Crippen molar-refractivity contribution < 1.29 is 0 Å². The molecule has 3 rings (SSSR count). The van der Waals surface area contributed by atoms with Gasteiger partial charge in [0, 0.05) is 0 Å². The van der Waals surface area contributed by atoms with E-state index in [1.54, 1.807) is 35.0 Å². The fourth-order valence-corrected chi connectivity index (χ4v) is 16.8. The molecule has 0 bridgehead atoms. The summed E-state index contributed by atoms with van der Waals surface area (Å²) in [4.78, 5) is 0. The maximum absolute atomic E-state index is 2.33. The molecule has 0 aromatic heterocycles. The summed E-state index contributed by atoms with van der Waals surface area (Å²) in [6.07, 6.45) is 17.8. The van der Waals surface area contributed by atoms with Crippen LogP contribution in [0, 0.1) is 0 Å². The minimum atomic E-state index is -1.63. The molecule has 2 heteroatoms. The van der Waals surface area contributed by atoms with Crippen LogP contribution in [0.15, 0.2) is 91.0 Å². The van der Waals surface area contributed by atoms with Crippen molar-refractivity contribution >= 4 is 41.9 Å². The summed E-state index contributed by atoms with van der Waals surface area (Å²) in [6, 6.07) is 32.8. The van der Waals surface area contributed by atoms with Crippen LogP contribution in [0.2, 0.25) is 15.8 Å². The molecule has 0 N–H and O–H groups in total. The molecule has 0 heterocycles. The van der Waals surface area contributed by atoms with Crippen LogP contribution in [-0.4, -0.2) is 28.7 Å². The van der Waals surface area contributed by atoms with Crippen LogP contribution in [0.5, 0.6) is 0 Å². The zero-order valence-corrected chi connectivity index (χ0v) is 29.0. The molecule has 0 spiro atoms. The third-order valence-electron chi connectivity index (χ3n) is 7.34. The first kappa shape index (κ1) is 33.0. The zero-order chi connectivity index (χ0) is 27.1. The fraction of sp³-hybridized carbons (Fsp3) is 0.500. The molecule has 0 aliphatic carbocycles. The van der Waals surface area contributed by atoms with E-state index in [1.165, 1.54) is 71.0 Å². The van der Waals surface area contributed by atoms with Crippen LogP contribution in [-0.2, 0) is 0 Å². The topological polar surface area (TPSA) is 0 Å². The predicted octanol–water partition coefficient (Wildman–Crippen LogP) is 9.42. The van der Waals surface area contributed by atoms with Crippen molar-refractivity contribution in [2.45, 2.75) is 114 Å². The van der Waals surface area contributed by atoms with E-state index in [4.69, 9.17) is 0 Å². The Labute approximate surface area is 245 Å². The summed E-state index contributed by atoms with van der Waals surface area (Å²) >= 11 is -2.28. The second-order valence-corrected chi connectivity index (χ2v) is 22.2. The van der Waals surface area contributed by atoms with Gasteiger partial charge in [-0.1, -0.05) is 0 Å². The Balaban J connectivity index is 0.000000267. The minimum absolute atomic E-state index is 0.643. The Hall–Kier alpha value is -1.25. The van der Waals surface area contributed by atoms with E-state index in [2.05, 4.69) is 112 Å². The fourth-order valence-electron chi connectivity index (χ4n) is 5.09. The molecule has 0 atom stereocenters. The van der Waals surface area contributed by atoms with Crippen molar-refractivity contribution in [2.75, 3.05) is 0 Å². The monoisotopic (exact) mass is 634 g/mol. The van der Waals surface area contributed by atoms with Crippen LogP contribution < -0.4 is 13.2 Å². The molecule has 3 aromatic carbocycles. The van der Waals surface area contributed by atoms with E-state index in [9.17, 15) is 0 Å². The predicted molar refractivity (Wildman–Crippen MR) is 177 cm³/mol. The molecule has 0 saturated carbocycles. The van der Waals surface area contributed by atoms with Crippen LogP contribution in [0.3, 0.4) is 0 Å². The molecule has 0 aliphatic heterocycles. The van der Waals surface area contributed by atoms with Gasteiger partial charge in [-0.25, -0.2) is 0 Å². The molecule has 0 amide bonds. The average Bonchev–Trinajstić information content (AvgIpc) is 2.97. The summed E-state index contributed by atoms with van der Waals surface area (Å²) in [5, 5.41) is 5.04. The number of benzene rings is 3. The molecule has 0 unspecified atom stereocenters. The van der Waals surface area contributed by atoms with Gasteiger partial charge in [-0.3, -0.25) is 0 Å². The van der Waals surface area contributed by atoms with Gasteiger partial charge in [0.05, 0.1) is 0 Å². The normalized spacial score (nSPS) is 11.0. The average molecular weight is 632 g/mol. The van der Waals surface area contributed by atoms with Gasteiger partial charge in [-0.05, 0) is 0 Å². The number of hydrogen-bond donors (Lipinski definition) is 0. The molecule has 0 aliphatic rings. The molecule has 0 nitrogen and oxygen atoms in total. The van der Waals surface area contributed by atoms with Gasteiger partial charge in [0.2, 0.25) is 0 Å². The van der Waals surface area contributed by atoms with Crippen molar-refractivity contribution in [3.05, 3.63) is 91.0 Å². The van der Waals surface area contributed by atoms with E-state index in [-0.39, 0.29) is 0 Å². The summed E-state index contributed by atoms with van der Waals surface area (Å²) in [7, 11) is 0. The third kappa shape index (κ3) is 14.2. The summed E-state index contributed by atoms with van der Waals surface area (Å²) in [6.45, 7) is 6.98. The first-order chi connectivity index (χ1) is 18.8. The molecule has 3 aromatic rings. The van der Waals surface area contributed by atoms with Crippen LogP contribution in [0.1, 0.15) is 97.8 Å². The van der Waals surface area contributed by atoms with E-state index >= 15 is 0 Å². The van der Waals surface area contributed by atoms with Gasteiger partial charge in [-0.15, -0.1) is 0 Å². The van der Waals surface area contributed by atoms with Gasteiger partial charge in [-0.2, -0.15) is 0 Å². The summed E-state index contributed by atoms with van der Waals surface area (Å²) < 4.78 is 4.50. The molecular formula is C36H54Ge2. The maximum atomic E-state index is 2.33. The van der Waals surface area contributed by atoms with Gasteiger partial charge >= 0.3 is 246 Å². The summed E-state index contributed by atoms with van der Waals surface area (Å²) in [5.41, 5.74) is 0. The van der Waals surface area contributed by atoms with Crippen molar-refractivity contribution in [1.82, 2.24) is 0 Å². The first-order valence-corrected chi connectivity index (χ1v) is 23.3. The first-order valence-electron chi connectivity index (χ1n) is 15.7. The van der Waals surface area contributed by atoms with E-state index in [0.717, 1.165) is 0 Å². The van der Waals surface area contributed by atoms with Gasteiger partial charge in [0.25, 0.3) is 0 Å².